The summed E-state index contributed by atoms with van der Waals surface area (Å²) in [6.07, 6.45) is -4.88. The number of rotatable bonds is 3. The Bertz CT molecular complexity index is 636. The molecule has 2 aromatic rings. The second-order valence-electron chi connectivity index (χ2n) is 4.63. The fourth-order valence-electron chi connectivity index (χ4n) is 2.03. The highest BCUT2D eigenvalue weighted by atomic mass is 19.4. The molecule has 2 aromatic carbocycles. The number of aliphatic hydroxyl groups is 1. The number of hydrogen-bond acceptors (Lipinski definition) is 2. The molecule has 0 saturated heterocycles. The van der Waals surface area contributed by atoms with Crippen molar-refractivity contribution in [3.05, 3.63) is 65.5 Å². The third-order valence-electron chi connectivity index (χ3n) is 3.02. The molecule has 0 aromatic heterocycles. The lowest BCUT2D eigenvalue weighted by Gasteiger charge is -2.27. The van der Waals surface area contributed by atoms with E-state index in [2.05, 4.69) is 4.74 Å². The maximum absolute atomic E-state index is 13.3. The van der Waals surface area contributed by atoms with E-state index < -0.39 is 23.5 Å². The van der Waals surface area contributed by atoms with E-state index in [4.69, 9.17) is 0 Å². The molecule has 0 aliphatic carbocycles. The Balaban J connectivity index is 2.50. The van der Waals surface area contributed by atoms with Crippen LogP contribution in [0.1, 0.15) is 18.1 Å². The zero-order chi connectivity index (χ0) is 15.7. The van der Waals surface area contributed by atoms with Gasteiger partial charge in [-0.2, -0.15) is 0 Å². The van der Waals surface area contributed by atoms with Gasteiger partial charge in [-0.1, -0.05) is 30.3 Å². The molecule has 0 aliphatic rings. The predicted octanol–water partition coefficient (Wildman–Crippen LogP) is 3.98. The van der Waals surface area contributed by atoms with Gasteiger partial charge in [-0.25, -0.2) is 4.39 Å². The topological polar surface area (TPSA) is 29.5 Å². The van der Waals surface area contributed by atoms with Crippen LogP contribution in [0.3, 0.4) is 0 Å². The van der Waals surface area contributed by atoms with Crippen molar-refractivity contribution in [1.29, 1.82) is 0 Å². The molecular formula is C15H12F4O2. The van der Waals surface area contributed by atoms with Gasteiger partial charge >= 0.3 is 6.36 Å². The van der Waals surface area contributed by atoms with Gasteiger partial charge in [-0.15, -0.1) is 13.2 Å². The normalized spacial score (nSPS) is 14.6. The van der Waals surface area contributed by atoms with E-state index in [0.29, 0.717) is 0 Å². The Labute approximate surface area is 118 Å². The van der Waals surface area contributed by atoms with E-state index in [1.165, 1.54) is 43.3 Å². The zero-order valence-corrected chi connectivity index (χ0v) is 11.0. The van der Waals surface area contributed by atoms with Crippen LogP contribution in [0.2, 0.25) is 0 Å². The van der Waals surface area contributed by atoms with Gasteiger partial charge in [-0.05, 0) is 30.7 Å². The molecule has 0 fully saturated rings. The second-order valence-corrected chi connectivity index (χ2v) is 4.63. The van der Waals surface area contributed by atoms with Crippen molar-refractivity contribution in [2.75, 3.05) is 0 Å². The Kier molecular flexibility index (Phi) is 3.91. The molecule has 0 saturated carbocycles. The third kappa shape index (κ3) is 3.52. The Hall–Kier alpha value is -2.08. The number of para-hydroxylation sites is 1. The summed E-state index contributed by atoms with van der Waals surface area (Å²) >= 11 is 0. The van der Waals surface area contributed by atoms with Gasteiger partial charge in [0.05, 0.1) is 0 Å². The highest BCUT2D eigenvalue weighted by Gasteiger charge is 2.36. The summed E-state index contributed by atoms with van der Waals surface area (Å²) in [5.74, 6) is -1.12. The number of halogens is 4. The first-order valence-corrected chi connectivity index (χ1v) is 6.04. The fraction of sp³-hybridized carbons (Fsp3) is 0.200. The molecule has 2 rings (SSSR count). The molecule has 112 valence electrons. The summed E-state index contributed by atoms with van der Waals surface area (Å²) in [5, 5.41) is 10.5. The SMILES string of the molecule is CC(O)(c1cccc(F)c1)c1ccccc1OC(F)(F)F. The summed E-state index contributed by atoms with van der Waals surface area (Å²) in [6, 6.07) is 10.2. The lowest BCUT2D eigenvalue weighted by molar-refractivity contribution is -0.275. The molecule has 0 spiro atoms. The van der Waals surface area contributed by atoms with Crippen LogP contribution >= 0.6 is 0 Å². The van der Waals surface area contributed by atoms with Gasteiger partial charge in [0.25, 0.3) is 0 Å². The minimum atomic E-state index is -4.88. The minimum absolute atomic E-state index is 0.104. The molecule has 1 N–H and O–H groups in total. The minimum Gasteiger partial charge on any atom is -0.405 e. The van der Waals surface area contributed by atoms with E-state index >= 15 is 0 Å². The molecule has 0 amide bonds. The highest BCUT2D eigenvalue weighted by molar-refractivity contribution is 5.44. The number of alkyl halides is 3. The maximum atomic E-state index is 13.3. The summed E-state index contributed by atoms with van der Waals surface area (Å²) in [7, 11) is 0. The van der Waals surface area contributed by atoms with Crippen LogP contribution in [0.15, 0.2) is 48.5 Å². The predicted molar refractivity (Wildman–Crippen MR) is 68.2 cm³/mol. The van der Waals surface area contributed by atoms with E-state index in [0.717, 1.165) is 12.1 Å². The van der Waals surface area contributed by atoms with Crippen molar-refractivity contribution in [2.24, 2.45) is 0 Å². The van der Waals surface area contributed by atoms with Crippen molar-refractivity contribution in [3.8, 4) is 5.75 Å². The van der Waals surface area contributed by atoms with Gasteiger partial charge in [-0.3, -0.25) is 0 Å². The third-order valence-corrected chi connectivity index (χ3v) is 3.02. The Morgan fingerprint density at radius 1 is 1.00 bits per heavy atom. The zero-order valence-electron chi connectivity index (χ0n) is 11.0. The molecule has 1 atom stereocenters. The molecule has 21 heavy (non-hydrogen) atoms. The molecule has 0 heterocycles. The first-order chi connectivity index (χ1) is 9.70. The number of hydrogen-bond donors (Lipinski definition) is 1. The molecule has 0 aliphatic heterocycles. The fourth-order valence-corrected chi connectivity index (χ4v) is 2.03. The summed E-state index contributed by atoms with van der Waals surface area (Å²) in [6.45, 7) is 1.28. The summed E-state index contributed by atoms with van der Waals surface area (Å²) in [5.41, 5.74) is -1.81. The van der Waals surface area contributed by atoms with Crippen LogP contribution in [0.4, 0.5) is 17.6 Å². The maximum Gasteiger partial charge on any atom is 0.573 e. The standard InChI is InChI=1S/C15H12F4O2/c1-14(20,10-5-4-6-11(16)9-10)12-7-2-3-8-13(12)21-15(17,18)19/h2-9,20H,1H3. The lowest BCUT2D eigenvalue weighted by Crippen LogP contribution is -2.26. The van der Waals surface area contributed by atoms with Crippen molar-refractivity contribution >= 4 is 0 Å². The summed E-state index contributed by atoms with van der Waals surface area (Å²) < 4.78 is 54.4. The van der Waals surface area contributed by atoms with Crippen molar-refractivity contribution in [3.63, 3.8) is 0 Å². The highest BCUT2D eigenvalue weighted by Crippen LogP contribution is 2.37. The Morgan fingerprint density at radius 3 is 2.29 bits per heavy atom. The van der Waals surface area contributed by atoms with Crippen molar-refractivity contribution in [1.82, 2.24) is 0 Å². The van der Waals surface area contributed by atoms with Gasteiger partial charge in [0, 0.05) is 5.56 Å². The largest absolute Gasteiger partial charge is 0.573 e. The second kappa shape index (κ2) is 5.37. The number of benzene rings is 2. The van der Waals surface area contributed by atoms with Crippen LogP contribution in [-0.2, 0) is 5.60 Å². The molecular weight excluding hydrogens is 288 g/mol. The molecule has 0 bridgehead atoms. The van der Waals surface area contributed by atoms with Gasteiger partial charge in [0.2, 0.25) is 0 Å². The lowest BCUT2D eigenvalue weighted by atomic mass is 9.87. The molecule has 1 unspecified atom stereocenters. The monoisotopic (exact) mass is 300 g/mol. The van der Waals surface area contributed by atoms with Crippen LogP contribution in [0, 0.1) is 5.82 Å². The first kappa shape index (κ1) is 15.3. The van der Waals surface area contributed by atoms with E-state index in [-0.39, 0.29) is 11.1 Å². The molecule has 0 radical (unpaired) electrons. The summed E-state index contributed by atoms with van der Waals surface area (Å²) in [4.78, 5) is 0. The van der Waals surface area contributed by atoms with Gasteiger partial charge < -0.3 is 9.84 Å². The van der Waals surface area contributed by atoms with E-state index in [9.17, 15) is 22.7 Å². The van der Waals surface area contributed by atoms with Crippen LogP contribution in [0.5, 0.6) is 5.75 Å². The quantitative estimate of drug-likeness (QED) is 0.869. The van der Waals surface area contributed by atoms with E-state index in [1.54, 1.807) is 0 Å². The average Bonchev–Trinajstić information content (AvgIpc) is 2.37. The number of ether oxygens (including phenoxy) is 1. The van der Waals surface area contributed by atoms with Gasteiger partial charge in [0.1, 0.15) is 17.2 Å². The van der Waals surface area contributed by atoms with Crippen LogP contribution in [-0.4, -0.2) is 11.5 Å². The van der Waals surface area contributed by atoms with Gasteiger partial charge in [0.15, 0.2) is 0 Å². The smallest absolute Gasteiger partial charge is 0.405 e. The van der Waals surface area contributed by atoms with Crippen molar-refractivity contribution in [2.45, 2.75) is 18.9 Å². The van der Waals surface area contributed by atoms with Crippen molar-refractivity contribution < 1.29 is 27.4 Å². The van der Waals surface area contributed by atoms with Crippen LogP contribution < -0.4 is 4.74 Å². The molecule has 6 heteroatoms. The molecule has 2 nitrogen and oxygen atoms in total. The van der Waals surface area contributed by atoms with E-state index in [1.807, 2.05) is 0 Å². The van der Waals surface area contributed by atoms with Crippen LogP contribution in [0.25, 0.3) is 0 Å². The first-order valence-electron chi connectivity index (χ1n) is 6.04. The average molecular weight is 300 g/mol. The Morgan fingerprint density at radius 2 is 1.67 bits per heavy atom.